The molecule has 0 atom stereocenters. The number of nitrogens with zero attached hydrogens (tertiary/aromatic N) is 3. The van der Waals surface area contributed by atoms with Crippen LogP contribution in [0, 0.1) is 0 Å². The lowest BCUT2D eigenvalue weighted by atomic mass is 10.0. The number of anilines is 1. The van der Waals surface area contributed by atoms with Crippen molar-refractivity contribution in [3.63, 3.8) is 0 Å². The van der Waals surface area contributed by atoms with E-state index in [0.29, 0.717) is 30.3 Å². The average Bonchev–Trinajstić information content (AvgIpc) is 3.59. The molecule has 2 aromatic heterocycles. The number of sulfone groups is 1. The highest BCUT2D eigenvalue weighted by molar-refractivity contribution is 7.91. The number of piperidine rings is 1. The average molecular weight is 553 g/mol. The molecule has 0 aliphatic carbocycles. The van der Waals surface area contributed by atoms with Crippen molar-refractivity contribution in [3.05, 3.63) is 60.4 Å². The van der Waals surface area contributed by atoms with Crippen molar-refractivity contribution < 1.29 is 22.3 Å². The van der Waals surface area contributed by atoms with E-state index >= 15 is 0 Å². The van der Waals surface area contributed by atoms with E-state index in [4.69, 9.17) is 13.9 Å². The van der Waals surface area contributed by atoms with Gasteiger partial charge in [-0.3, -0.25) is 4.90 Å². The van der Waals surface area contributed by atoms with Gasteiger partial charge in [-0.1, -0.05) is 6.92 Å². The minimum Gasteiger partial charge on any atom is -0.492 e. The first-order valence-electron chi connectivity index (χ1n) is 13.6. The molecular formula is C29H36N4O5S. The second-order valence-electron chi connectivity index (χ2n) is 9.64. The van der Waals surface area contributed by atoms with Crippen molar-refractivity contribution >= 4 is 27.0 Å². The van der Waals surface area contributed by atoms with Crippen molar-refractivity contribution in [1.82, 2.24) is 14.5 Å². The number of rotatable bonds is 11. The molecule has 1 aliphatic heterocycles. The maximum Gasteiger partial charge on any atom is 0.295 e. The highest BCUT2D eigenvalue weighted by atomic mass is 32.2. The van der Waals surface area contributed by atoms with Crippen LogP contribution in [-0.2, 0) is 16.4 Å². The van der Waals surface area contributed by atoms with Gasteiger partial charge in [-0.15, -0.1) is 0 Å². The van der Waals surface area contributed by atoms with E-state index in [2.05, 4.69) is 27.3 Å². The van der Waals surface area contributed by atoms with Crippen LogP contribution < -0.4 is 14.8 Å². The summed E-state index contributed by atoms with van der Waals surface area (Å²) in [5.74, 6) is 1.69. The summed E-state index contributed by atoms with van der Waals surface area (Å²) in [7, 11) is -3.29. The highest BCUT2D eigenvalue weighted by Crippen LogP contribution is 2.35. The number of hydrogen-bond donors (Lipinski definition) is 1. The molecule has 0 radical (unpaired) electrons. The minimum atomic E-state index is -3.29. The Hall–Kier alpha value is -3.50. The Morgan fingerprint density at radius 2 is 1.67 bits per heavy atom. The third-order valence-electron chi connectivity index (χ3n) is 6.98. The molecule has 1 saturated heterocycles. The maximum atomic E-state index is 12.2. The summed E-state index contributed by atoms with van der Waals surface area (Å²) in [5, 5.41) is 3.41. The second kappa shape index (κ2) is 11.7. The van der Waals surface area contributed by atoms with E-state index in [0.717, 1.165) is 55.2 Å². The lowest BCUT2D eigenvalue weighted by molar-refractivity contribution is 0.209. The van der Waals surface area contributed by atoms with E-state index in [1.54, 1.807) is 25.1 Å². The Morgan fingerprint density at radius 1 is 1.00 bits per heavy atom. The van der Waals surface area contributed by atoms with E-state index in [1.807, 2.05) is 42.9 Å². The van der Waals surface area contributed by atoms with Crippen molar-refractivity contribution in [2.24, 2.45) is 0 Å². The van der Waals surface area contributed by atoms with E-state index < -0.39 is 9.84 Å². The van der Waals surface area contributed by atoms with Crippen LogP contribution in [0.2, 0.25) is 0 Å². The van der Waals surface area contributed by atoms with E-state index in [-0.39, 0.29) is 16.7 Å². The van der Waals surface area contributed by atoms with E-state index in [9.17, 15) is 8.42 Å². The van der Waals surface area contributed by atoms with Gasteiger partial charge in [0.05, 0.1) is 23.9 Å². The zero-order valence-electron chi connectivity index (χ0n) is 22.7. The van der Waals surface area contributed by atoms with Gasteiger partial charge in [-0.25, -0.2) is 8.42 Å². The smallest absolute Gasteiger partial charge is 0.295 e. The SMILES string of the molecule is CCOc1cc(CN2CCC(Nc3nc4cc(S(=O)(=O)CC)ccc4o3)CC2)cc(OCC)c1-n1cccc1. The van der Waals surface area contributed by atoms with Crippen LogP contribution in [0.1, 0.15) is 39.2 Å². The zero-order chi connectivity index (χ0) is 27.4. The van der Waals surface area contributed by atoms with Crippen LogP contribution in [-0.4, -0.2) is 61.0 Å². The van der Waals surface area contributed by atoms with Crippen molar-refractivity contribution in [2.45, 2.75) is 51.1 Å². The normalized spacial score (nSPS) is 15.1. The summed E-state index contributed by atoms with van der Waals surface area (Å²) in [6.45, 7) is 9.42. The Bertz CT molecular complexity index is 1480. The predicted molar refractivity (Wildman–Crippen MR) is 152 cm³/mol. The number of benzene rings is 2. The largest absolute Gasteiger partial charge is 0.492 e. The van der Waals surface area contributed by atoms with Crippen molar-refractivity contribution in [1.29, 1.82) is 0 Å². The fourth-order valence-electron chi connectivity index (χ4n) is 4.99. The Morgan fingerprint density at radius 3 is 2.28 bits per heavy atom. The third-order valence-corrected chi connectivity index (χ3v) is 8.71. The van der Waals surface area contributed by atoms with Crippen LogP contribution in [0.4, 0.5) is 6.01 Å². The molecular weight excluding hydrogens is 516 g/mol. The van der Waals surface area contributed by atoms with Crippen LogP contribution in [0.3, 0.4) is 0 Å². The molecule has 1 fully saturated rings. The standard InChI is InChI=1S/C29H36N4O5S/c1-4-36-26-17-21(18-27(37-5-2)28(26)33-13-7-8-14-33)20-32-15-11-22(12-16-32)30-29-31-24-19-23(39(34,35)6-3)9-10-25(24)38-29/h7-10,13-14,17-19,22H,4-6,11-12,15-16,20H2,1-3H3,(H,30,31). The van der Waals surface area contributed by atoms with Crippen molar-refractivity contribution in [2.75, 3.05) is 37.4 Å². The van der Waals surface area contributed by atoms with Crippen LogP contribution in [0.15, 0.2) is 64.2 Å². The van der Waals surface area contributed by atoms with Gasteiger partial charge in [0.15, 0.2) is 15.4 Å². The number of fused-ring (bicyclic) bond motifs is 1. The summed E-state index contributed by atoms with van der Waals surface area (Å²) in [6, 6.07) is 13.7. The summed E-state index contributed by atoms with van der Waals surface area (Å²) in [6.07, 6.45) is 5.87. The Kier molecular flexibility index (Phi) is 8.13. The molecule has 0 saturated carbocycles. The molecule has 4 aromatic rings. The molecule has 3 heterocycles. The van der Waals surface area contributed by atoms with Gasteiger partial charge in [-0.2, -0.15) is 4.98 Å². The molecule has 39 heavy (non-hydrogen) atoms. The number of hydrogen-bond acceptors (Lipinski definition) is 8. The molecule has 5 rings (SSSR count). The summed E-state index contributed by atoms with van der Waals surface area (Å²) in [5.41, 5.74) is 3.20. The maximum absolute atomic E-state index is 12.2. The molecule has 9 nitrogen and oxygen atoms in total. The number of likely N-dealkylation sites (tertiary alicyclic amines) is 1. The Labute approximate surface area is 229 Å². The summed E-state index contributed by atoms with van der Waals surface area (Å²) < 4.78 is 44.4. The van der Waals surface area contributed by atoms with Gasteiger partial charge in [-0.05, 0) is 74.7 Å². The van der Waals surface area contributed by atoms with Crippen LogP contribution in [0.25, 0.3) is 16.8 Å². The fourth-order valence-corrected chi connectivity index (χ4v) is 5.89. The molecule has 0 amide bonds. The molecule has 208 valence electrons. The summed E-state index contributed by atoms with van der Waals surface area (Å²) in [4.78, 5) is 7.20. The number of oxazole rings is 1. The molecule has 2 aromatic carbocycles. The van der Waals surface area contributed by atoms with Gasteiger partial charge in [0.1, 0.15) is 22.7 Å². The van der Waals surface area contributed by atoms with E-state index in [1.165, 1.54) is 0 Å². The van der Waals surface area contributed by atoms with Crippen molar-refractivity contribution in [3.8, 4) is 17.2 Å². The van der Waals surface area contributed by atoms with Gasteiger partial charge in [0, 0.05) is 38.1 Å². The zero-order valence-corrected chi connectivity index (χ0v) is 23.5. The predicted octanol–water partition coefficient (Wildman–Crippen LogP) is 5.29. The van der Waals surface area contributed by atoms with Gasteiger partial charge in [0.25, 0.3) is 6.01 Å². The quantitative estimate of drug-likeness (QED) is 0.268. The second-order valence-corrected chi connectivity index (χ2v) is 11.9. The molecule has 1 aliphatic rings. The first-order valence-corrected chi connectivity index (χ1v) is 15.2. The summed E-state index contributed by atoms with van der Waals surface area (Å²) >= 11 is 0. The molecule has 10 heteroatoms. The first kappa shape index (κ1) is 27.1. The lowest BCUT2D eigenvalue weighted by Gasteiger charge is -2.32. The van der Waals surface area contributed by atoms with Gasteiger partial charge >= 0.3 is 0 Å². The minimum absolute atomic E-state index is 0.0528. The first-order chi connectivity index (χ1) is 18.9. The third kappa shape index (κ3) is 6.07. The number of nitrogens with one attached hydrogen (secondary N) is 1. The number of ether oxygens (including phenoxy) is 2. The number of aromatic nitrogens is 2. The monoisotopic (exact) mass is 552 g/mol. The molecule has 0 bridgehead atoms. The molecule has 0 spiro atoms. The highest BCUT2D eigenvalue weighted by Gasteiger charge is 2.23. The fraction of sp³-hybridized carbons (Fsp3) is 0.414. The van der Waals surface area contributed by atoms with Gasteiger partial charge in [0.2, 0.25) is 0 Å². The Balaban J connectivity index is 1.24. The van der Waals surface area contributed by atoms with Crippen LogP contribution >= 0.6 is 0 Å². The topological polar surface area (TPSA) is 98.8 Å². The van der Waals surface area contributed by atoms with Crippen LogP contribution in [0.5, 0.6) is 11.5 Å². The molecule has 1 N–H and O–H groups in total. The van der Waals surface area contributed by atoms with Gasteiger partial charge < -0.3 is 23.8 Å². The lowest BCUT2D eigenvalue weighted by Crippen LogP contribution is -2.38. The molecule has 0 unspecified atom stereocenters.